The Morgan fingerprint density at radius 3 is 2.57 bits per heavy atom. The predicted octanol–water partition coefficient (Wildman–Crippen LogP) is 4.33. The fourth-order valence-corrected chi connectivity index (χ4v) is 3.39. The molecule has 0 amide bonds. The number of aryl methyl sites for hydroxylation is 1. The highest BCUT2D eigenvalue weighted by molar-refractivity contribution is 7.98. The SMILES string of the molecule is Cc1ccccc1CSc1nc2ccccc2cc1CO. The molecule has 21 heavy (non-hydrogen) atoms. The van der Waals surface area contributed by atoms with Crippen LogP contribution in [0.2, 0.25) is 0 Å². The molecular weight excluding hydrogens is 278 g/mol. The van der Waals surface area contributed by atoms with Gasteiger partial charge in [-0.15, -0.1) is 11.8 Å². The summed E-state index contributed by atoms with van der Waals surface area (Å²) in [5, 5.41) is 11.6. The van der Waals surface area contributed by atoms with Gasteiger partial charge >= 0.3 is 0 Å². The maximum absolute atomic E-state index is 9.58. The van der Waals surface area contributed by atoms with Gasteiger partial charge in [0.2, 0.25) is 0 Å². The molecule has 0 saturated carbocycles. The Morgan fingerprint density at radius 1 is 1.00 bits per heavy atom. The molecule has 0 atom stereocenters. The first-order valence-electron chi connectivity index (χ1n) is 6.95. The number of rotatable bonds is 4. The van der Waals surface area contributed by atoms with Gasteiger partial charge in [-0.25, -0.2) is 4.98 Å². The molecule has 0 unspecified atom stereocenters. The molecule has 1 heterocycles. The number of hydrogen-bond donors (Lipinski definition) is 1. The number of aromatic nitrogens is 1. The monoisotopic (exact) mass is 295 g/mol. The van der Waals surface area contributed by atoms with Gasteiger partial charge in [0.1, 0.15) is 5.03 Å². The number of nitrogens with zero attached hydrogens (tertiary/aromatic N) is 1. The van der Waals surface area contributed by atoms with Crippen LogP contribution >= 0.6 is 11.8 Å². The van der Waals surface area contributed by atoms with E-state index in [-0.39, 0.29) is 6.61 Å². The van der Waals surface area contributed by atoms with Gasteiger partial charge in [-0.05, 0) is 30.2 Å². The highest BCUT2D eigenvalue weighted by Crippen LogP contribution is 2.28. The molecule has 0 fully saturated rings. The maximum atomic E-state index is 9.58. The fraction of sp³-hybridized carbons (Fsp3) is 0.167. The van der Waals surface area contributed by atoms with E-state index in [1.807, 2.05) is 30.3 Å². The van der Waals surface area contributed by atoms with E-state index in [0.29, 0.717) is 0 Å². The zero-order chi connectivity index (χ0) is 14.7. The second kappa shape index (κ2) is 6.29. The Morgan fingerprint density at radius 2 is 1.76 bits per heavy atom. The average Bonchev–Trinajstić information content (AvgIpc) is 2.53. The van der Waals surface area contributed by atoms with E-state index in [4.69, 9.17) is 4.98 Å². The minimum atomic E-state index is 0.0218. The Bertz CT molecular complexity index is 770. The molecule has 1 aromatic heterocycles. The van der Waals surface area contributed by atoms with E-state index in [1.165, 1.54) is 11.1 Å². The first kappa shape index (κ1) is 14.1. The van der Waals surface area contributed by atoms with Gasteiger partial charge in [0, 0.05) is 16.7 Å². The molecule has 2 nitrogen and oxygen atoms in total. The summed E-state index contributed by atoms with van der Waals surface area (Å²) in [6.45, 7) is 2.14. The lowest BCUT2D eigenvalue weighted by molar-refractivity contribution is 0.278. The Balaban J connectivity index is 1.91. The van der Waals surface area contributed by atoms with E-state index in [0.717, 1.165) is 27.2 Å². The number of thioether (sulfide) groups is 1. The van der Waals surface area contributed by atoms with Crippen molar-refractivity contribution in [2.45, 2.75) is 24.3 Å². The highest BCUT2D eigenvalue weighted by Gasteiger charge is 2.08. The van der Waals surface area contributed by atoms with Crippen LogP contribution in [0.5, 0.6) is 0 Å². The molecule has 0 bridgehead atoms. The molecule has 0 aliphatic rings. The van der Waals surface area contributed by atoms with Crippen LogP contribution < -0.4 is 0 Å². The molecule has 0 aliphatic heterocycles. The molecule has 1 N–H and O–H groups in total. The van der Waals surface area contributed by atoms with Gasteiger partial charge in [-0.3, -0.25) is 0 Å². The van der Waals surface area contributed by atoms with Crippen molar-refractivity contribution in [2.24, 2.45) is 0 Å². The first-order valence-corrected chi connectivity index (χ1v) is 7.93. The lowest BCUT2D eigenvalue weighted by atomic mass is 10.1. The summed E-state index contributed by atoms with van der Waals surface area (Å²) < 4.78 is 0. The molecule has 2 aromatic carbocycles. The second-order valence-corrected chi connectivity index (χ2v) is 5.98. The summed E-state index contributed by atoms with van der Waals surface area (Å²) >= 11 is 1.68. The van der Waals surface area contributed by atoms with E-state index >= 15 is 0 Å². The quantitative estimate of drug-likeness (QED) is 0.727. The van der Waals surface area contributed by atoms with Crippen LogP contribution in [-0.4, -0.2) is 10.1 Å². The van der Waals surface area contributed by atoms with Crippen LogP contribution in [0.1, 0.15) is 16.7 Å². The number of pyridine rings is 1. The van der Waals surface area contributed by atoms with Crippen molar-refractivity contribution in [3.8, 4) is 0 Å². The largest absolute Gasteiger partial charge is 0.392 e. The van der Waals surface area contributed by atoms with E-state index < -0.39 is 0 Å². The molecule has 0 spiro atoms. The van der Waals surface area contributed by atoms with Gasteiger partial charge < -0.3 is 5.11 Å². The number of para-hydroxylation sites is 1. The normalized spacial score (nSPS) is 11.0. The fourth-order valence-electron chi connectivity index (χ4n) is 2.30. The minimum absolute atomic E-state index is 0.0218. The zero-order valence-electron chi connectivity index (χ0n) is 11.9. The van der Waals surface area contributed by atoms with Crippen LogP contribution in [0.25, 0.3) is 10.9 Å². The molecule has 0 aliphatic carbocycles. The van der Waals surface area contributed by atoms with Crippen LogP contribution in [-0.2, 0) is 12.4 Å². The Hall–Kier alpha value is -1.84. The number of aliphatic hydroxyl groups excluding tert-OH is 1. The standard InChI is InChI=1S/C18H17NOS/c1-13-6-2-3-8-15(13)12-21-18-16(11-20)10-14-7-4-5-9-17(14)19-18/h2-10,20H,11-12H2,1H3. The van der Waals surface area contributed by atoms with Gasteiger partial charge in [0.15, 0.2) is 0 Å². The summed E-state index contributed by atoms with van der Waals surface area (Å²) in [7, 11) is 0. The molecule has 3 rings (SSSR count). The maximum Gasteiger partial charge on any atom is 0.103 e. The molecule has 0 radical (unpaired) electrons. The van der Waals surface area contributed by atoms with Crippen molar-refractivity contribution in [1.82, 2.24) is 4.98 Å². The van der Waals surface area contributed by atoms with Crippen molar-refractivity contribution in [1.29, 1.82) is 0 Å². The Labute approximate surface area is 128 Å². The summed E-state index contributed by atoms with van der Waals surface area (Å²) in [4.78, 5) is 4.69. The van der Waals surface area contributed by atoms with Crippen LogP contribution in [0.3, 0.4) is 0 Å². The van der Waals surface area contributed by atoms with Crippen LogP contribution in [0, 0.1) is 6.92 Å². The second-order valence-electron chi connectivity index (χ2n) is 5.02. The molecule has 0 saturated heterocycles. The third-order valence-electron chi connectivity index (χ3n) is 3.56. The molecule has 3 aromatic rings. The highest BCUT2D eigenvalue weighted by atomic mass is 32.2. The van der Waals surface area contributed by atoms with Gasteiger partial charge in [-0.1, -0.05) is 42.5 Å². The Kier molecular flexibility index (Phi) is 4.23. The lowest BCUT2D eigenvalue weighted by Crippen LogP contribution is -1.94. The van der Waals surface area contributed by atoms with Crippen molar-refractivity contribution < 1.29 is 5.11 Å². The lowest BCUT2D eigenvalue weighted by Gasteiger charge is -2.09. The smallest absolute Gasteiger partial charge is 0.103 e. The van der Waals surface area contributed by atoms with Crippen LogP contribution in [0.4, 0.5) is 0 Å². The van der Waals surface area contributed by atoms with Crippen molar-refractivity contribution in [2.75, 3.05) is 0 Å². The summed E-state index contributed by atoms with van der Waals surface area (Å²) in [6.07, 6.45) is 0. The number of fused-ring (bicyclic) bond motifs is 1. The van der Waals surface area contributed by atoms with Gasteiger partial charge in [0.05, 0.1) is 12.1 Å². The molecule has 3 heteroatoms. The van der Waals surface area contributed by atoms with Crippen molar-refractivity contribution >= 4 is 22.7 Å². The van der Waals surface area contributed by atoms with Crippen molar-refractivity contribution in [3.05, 3.63) is 71.3 Å². The average molecular weight is 295 g/mol. The van der Waals surface area contributed by atoms with Gasteiger partial charge in [0.25, 0.3) is 0 Å². The van der Waals surface area contributed by atoms with E-state index in [1.54, 1.807) is 11.8 Å². The summed E-state index contributed by atoms with van der Waals surface area (Å²) in [5.41, 5.74) is 4.46. The van der Waals surface area contributed by atoms with Crippen molar-refractivity contribution in [3.63, 3.8) is 0 Å². The summed E-state index contributed by atoms with van der Waals surface area (Å²) in [5.74, 6) is 0.866. The molecule has 106 valence electrons. The number of benzene rings is 2. The third-order valence-corrected chi connectivity index (χ3v) is 4.64. The number of aliphatic hydroxyl groups is 1. The van der Waals surface area contributed by atoms with Gasteiger partial charge in [-0.2, -0.15) is 0 Å². The topological polar surface area (TPSA) is 33.1 Å². The van der Waals surface area contributed by atoms with E-state index in [9.17, 15) is 5.11 Å². The van der Waals surface area contributed by atoms with E-state index in [2.05, 4.69) is 31.2 Å². The third kappa shape index (κ3) is 3.09. The predicted molar refractivity (Wildman–Crippen MR) is 88.4 cm³/mol. The molecular formula is C18H17NOS. The first-order chi connectivity index (χ1) is 10.3. The summed E-state index contributed by atoms with van der Waals surface area (Å²) in [6, 6.07) is 18.4. The number of hydrogen-bond acceptors (Lipinski definition) is 3. The van der Waals surface area contributed by atoms with Crippen LogP contribution in [0.15, 0.2) is 59.6 Å². The zero-order valence-corrected chi connectivity index (χ0v) is 12.7. The minimum Gasteiger partial charge on any atom is -0.392 e.